The Hall–Kier alpha value is -2.97. The molecule has 3 rings (SSSR count). The van der Waals surface area contributed by atoms with Crippen LogP contribution in [0.2, 0.25) is 0 Å². The number of rotatable bonds is 8. The predicted molar refractivity (Wildman–Crippen MR) is 120 cm³/mol. The van der Waals surface area contributed by atoms with Crippen LogP contribution in [-0.2, 0) is 27.2 Å². The lowest BCUT2D eigenvalue weighted by atomic mass is 10.1. The molecule has 0 aliphatic rings. The summed E-state index contributed by atoms with van der Waals surface area (Å²) in [7, 11) is 2.94. The molecule has 164 valence electrons. The predicted octanol–water partition coefficient (Wildman–Crippen LogP) is 3.51. The molecule has 0 bridgehead atoms. The maximum Gasteiger partial charge on any atom is 0.337 e. The molecule has 7 nitrogen and oxygen atoms in total. The molecule has 0 unspecified atom stereocenters. The van der Waals surface area contributed by atoms with Crippen molar-refractivity contribution in [2.24, 2.45) is 4.99 Å². The van der Waals surface area contributed by atoms with Gasteiger partial charge in [-0.15, -0.1) is 0 Å². The van der Waals surface area contributed by atoms with E-state index in [4.69, 9.17) is 14.2 Å². The summed E-state index contributed by atoms with van der Waals surface area (Å²) >= 11 is 1.36. The Morgan fingerprint density at radius 3 is 2.65 bits per heavy atom. The molecule has 0 fully saturated rings. The van der Waals surface area contributed by atoms with Gasteiger partial charge in [0.15, 0.2) is 4.80 Å². The maximum absolute atomic E-state index is 12.8. The molecule has 1 heterocycles. The summed E-state index contributed by atoms with van der Waals surface area (Å²) in [4.78, 5) is 29.7. The van der Waals surface area contributed by atoms with Gasteiger partial charge in [0.1, 0.15) is 5.75 Å². The Balaban J connectivity index is 2.00. The van der Waals surface area contributed by atoms with Crippen LogP contribution in [0.5, 0.6) is 5.75 Å². The highest BCUT2D eigenvalue weighted by Gasteiger charge is 2.13. The van der Waals surface area contributed by atoms with Gasteiger partial charge in [-0.3, -0.25) is 4.79 Å². The maximum atomic E-state index is 12.8. The number of esters is 1. The molecule has 0 aliphatic carbocycles. The summed E-state index contributed by atoms with van der Waals surface area (Å²) in [5.41, 5.74) is 3.19. The monoisotopic (exact) mass is 442 g/mol. The van der Waals surface area contributed by atoms with E-state index in [0.717, 1.165) is 21.3 Å². The van der Waals surface area contributed by atoms with E-state index in [1.165, 1.54) is 18.4 Å². The lowest BCUT2D eigenvalue weighted by Crippen LogP contribution is -2.20. The van der Waals surface area contributed by atoms with Gasteiger partial charge in [0.25, 0.3) is 5.91 Å². The molecule has 0 saturated heterocycles. The van der Waals surface area contributed by atoms with E-state index in [9.17, 15) is 9.59 Å². The summed E-state index contributed by atoms with van der Waals surface area (Å²) < 4.78 is 18.5. The third-order valence-corrected chi connectivity index (χ3v) is 5.81. The average Bonchev–Trinajstić information content (AvgIpc) is 3.09. The fraction of sp³-hybridized carbons (Fsp3) is 0.348. The highest BCUT2D eigenvalue weighted by Crippen LogP contribution is 2.22. The molecule has 1 amide bonds. The van der Waals surface area contributed by atoms with Gasteiger partial charge in [-0.05, 0) is 38.1 Å². The van der Waals surface area contributed by atoms with Gasteiger partial charge in [-0.1, -0.05) is 29.0 Å². The van der Waals surface area contributed by atoms with Crippen molar-refractivity contribution < 1.29 is 23.8 Å². The van der Waals surface area contributed by atoms with Crippen molar-refractivity contribution in [3.8, 4) is 5.75 Å². The first-order valence-electron chi connectivity index (χ1n) is 9.97. The second kappa shape index (κ2) is 10.4. The van der Waals surface area contributed by atoms with Gasteiger partial charge in [0.2, 0.25) is 0 Å². The van der Waals surface area contributed by atoms with E-state index < -0.39 is 5.97 Å². The minimum atomic E-state index is -0.405. The molecule has 0 atom stereocenters. The third kappa shape index (κ3) is 5.39. The molecular weight excluding hydrogens is 416 g/mol. The Labute approximate surface area is 184 Å². The number of thiazole rings is 1. The zero-order valence-electron chi connectivity index (χ0n) is 18.1. The zero-order valence-corrected chi connectivity index (χ0v) is 19.0. The Kier molecular flexibility index (Phi) is 7.59. The lowest BCUT2D eigenvalue weighted by Gasteiger charge is -2.08. The summed E-state index contributed by atoms with van der Waals surface area (Å²) in [6.07, 6.45) is 0.137. The molecule has 31 heavy (non-hydrogen) atoms. The standard InChI is InChI=1S/C23H26N2O5S/c1-5-30-11-10-25-18-8-7-16(22(27)29-4)13-20(18)31-23(25)24-21(26)14-17-12-15(2)6-9-19(17)28-3/h6-9,12-13H,5,10-11,14H2,1-4H3. The molecule has 3 aromatic rings. The van der Waals surface area contributed by atoms with Crippen LogP contribution in [0.4, 0.5) is 0 Å². The zero-order chi connectivity index (χ0) is 22.4. The Bertz CT molecular complexity index is 1160. The van der Waals surface area contributed by atoms with Crippen molar-refractivity contribution in [1.29, 1.82) is 0 Å². The minimum Gasteiger partial charge on any atom is -0.496 e. The van der Waals surface area contributed by atoms with E-state index in [2.05, 4.69) is 4.99 Å². The number of benzene rings is 2. The highest BCUT2D eigenvalue weighted by molar-refractivity contribution is 7.16. The van der Waals surface area contributed by atoms with Gasteiger partial charge in [-0.2, -0.15) is 4.99 Å². The van der Waals surface area contributed by atoms with Crippen LogP contribution in [0.15, 0.2) is 41.4 Å². The van der Waals surface area contributed by atoms with Crippen LogP contribution in [0.3, 0.4) is 0 Å². The summed E-state index contributed by atoms with van der Waals surface area (Å²) in [6, 6.07) is 11.0. The van der Waals surface area contributed by atoms with E-state index in [1.54, 1.807) is 19.2 Å². The number of aromatic nitrogens is 1. The van der Waals surface area contributed by atoms with Crippen LogP contribution >= 0.6 is 11.3 Å². The fourth-order valence-corrected chi connectivity index (χ4v) is 4.39. The van der Waals surface area contributed by atoms with E-state index in [1.807, 2.05) is 42.7 Å². The lowest BCUT2D eigenvalue weighted by molar-refractivity contribution is -0.117. The average molecular weight is 443 g/mol. The van der Waals surface area contributed by atoms with Crippen molar-refractivity contribution in [2.45, 2.75) is 26.8 Å². The van der Waals surface area contributed by atoms with Crippen molar-refractivity contribution >= 4 is 33.4 Å². The van der Waals surface area contributed by atoms with Gasteiger partial charge >= 0.3 is 5.97 Å². The molecular formula is C23H26N2O5S. The number of ether oxygens (including phenoxy) is 3. The van der Waals surface area contributed by atoms with E-state index in [0.29, 0.717) is 35.9 Å². The number of hydrogen-bond donors (Lipinski definition) is 0. The summed E-state index contributed by atoms with van der Waals surface area (Å²) in [5.74, 6) is -0.0106. The Morgan fingerprint density at radius 1 is 1.13 bits per heavy atom. The summed E-state index contributed by atoms with van der Waals surface area (Å²) in [6.45, 7) is 5.55. The second-order valence-electron chi connectivity index (χ2n) is 6.90. The van der Waals surface area contributed by atoms with Crippen molar-refractivity contribution in [3.05, 3.63) is 57.9 Å². The Morgan fingerprint density at radius 2 is 1.94 bits per heavy atom. The van der Waals surface area contributed by atoms with Crippen molar-refractivity contribution in [3.63, 3.8) is 0 Å². The van der Waals surface area contributed by atoms with Gasteiger partial charge in [0, 0.05) is 18.7 Å². The number of fused-ring (bicyclic) bond motifs is 1. The number of nitrogens with zero attached hydrogens (tertiary/aromatic N) is 2. The van der Waals surface area contributed by atoms with E-state index in [-0.39, 0.29) is 12.3 Å². The van der Waals surface area contributed by atoms with Crippen molar-refractivity contribution in [1.82, 2.24) is 4.57 Å². The second-order valence-corrected chi connectivity index (χ2v) is 7.91. The molecule has 2 aromatic carbocycles. The SMILES string of the molecule is CCOCCn1c(=NC(=O)Cc2cc(C)ccc2OC)sc2cc(C(=O)OC)ccc21. The number of amides is 1. The van der Waals surface area contributed by atoms with E-state index >= 15 is 0 Å². The fourth-order valence-electron chi connectivity index (χ4n) is 3.27. The first kappa shape index (κ1) is 22.7. The number of aryl methyl sites for hydroxylation is 1. The molecule has 8 heteroatoms. The largest absolute Gasteiger partial charge is 0.496 e. The highest BCUT2D eigenvalue weighted by atomic mass is 32.1. The number of carbonyl (C=O) groups excluding carboxylic acids is 2. The quantitative estimate of drug-likeness (QED) is 0.394. The molecule has 0 saturated carbocycles. The van der Waals surface area contributed by atoms with Gasteiger partial charge in [-0.25, -0.2) is 4.79 Å². The van der Waals surface area contributed by atoms with Crippen LogP contribution in [-0.4, -0.2) is 43.9 Å². The van der Waals surface area contributed by atoms with Gasteiger partial charge in [0.05, 0.1) is 43.0 Å². The first-order chi connectivity index (χ1) is 15.0. The molecule has 0 radical (unpaired) electrons. The van der Waals surface area contributed by atoms with Crippen molar-refractivity contribution in [2.75, 3.05) is 27.4 Å². The van der Waals surface area contributed by atoms with Crippen LogP contribution < -0.4 is 9.54 Å². The van der Waals surface area contributed by atoms with Crippen LogP contribution in [0, 0.1) is 6.92 Å². The number of hydrogen-bond acceptors (Lipinski definition) is 6. The molecule has 0 spiro atoms. The number of methoxy groups -OCH3 is 2. The normalized spacial score (nSPS) is 11.7. The topological polar surface area (TPSA) is 79.1 Å². The van der Waals surface area contributed by atoms with Crippen LogP contribution in [0.25, 0.3) is 10.2 Å². The minimum absolute atomic E-state index is 0.137. The molecule has 0 N–H and O–H groups in total. The molecule has 0 aliphatic heterocycles. The first-order valence-corrected chi connectivity index (χ1v) is 10.8. The molecule has 1 aromatic heterocycles. The van der Waals surface area contributed by atoms with Crippen LogP contribution in [0.1, 0.15) is 28.4 Å². The number of carbonyl (C=O) groups is 2. The smallest absolute Gasteiger partial charge is 0.337 e. The third-order valence-electron chi connectivity index (χ3n) is 4.77. The summed E-state index contributed by atoms with van der Waals surface area (Å²) in [5, 5.41) is 0. The van der Waals surface area contributed by atoms with Gasteiger partial charge < -0.3 is 18.8 Å².